The summed E-state index contributed by atoms with van der Waals surface area (Å²) in [5.41, 5.74) is 3.92. The second-order valence-corrected chi connectivity index (χ2v) is 6.04. The summed E-state index contributed by atoms with van der Waals surface area (Å²) in [5.74, 6) is 0.421. The zero-order valence-electron chi connectivity index (χ0n) is 15.1. The normalized spacial score (nSPS) is 10.4. The Morgan fingerprint density at radius 3 is 2.41 bits per heavy atom. The quantitative estimate of drug-likeness (QED) is 0.588. The van der Waals surface area contributed by atoms with Gasteiger partial charge < -0.3 is 10.4 Å². The van der Waals surface area contributed by atoms with Gasteiger partial charge in [-0.3, -0.25) is 0 Å². The third-order valence-corrected chi connectivity index (χ3v) is 4.20. The molecule has 5 nitrogen and oxygen atoms in total. The van der Waals surface area contributed by atoms with E-state index in [1.165, 1.54) is 0 Å². The predicted octanol–water partition coefficient (Wildman–Crippen LogP) is 4.88. The molecule has 0 bridgehead atoms. The van der Waals surface area contributed by atoms with Crippen molar-refractivity contribution in [3.63, 3.8) is 0 Å². The zero-order valence-corrected chi connectivity index (χ0v) is 15.1. The van der Waals surface area contributed by atoms with E-state index in [2.05, 4.69) is 18.8 Å². The molecule has 0 unspecified atom stereocenters. The molecule has 1 heterocycles. The standard InChI is InChI=1S/C22H21N3O2/c1-3-8-18-19(4-2)24-20(15-9-6-5-7-10-15)25-21(18)23-17-13-11-16(12-14-17)22(26)27/h3,5-7,9-14H,1,4,8H2,2H3,(H,26,27)(H,23,24,25). The number of aromatic nitrogens is 2. The molecule has 0 spiro atoms. The van der Waals surface area contributed by atoms with Gasteiger partial charge in [0.25, 0.3) is 0 Å². The van der Waals surface area contributed by atoms with Crippen LogP contribution in [0.2, 0.25) is 0 Å². The number of rotatable bonds is 7. The van der Waals surface area contributed by atoms with Crippen LogP contribution >= 0.6 is 0 Å². The van der Waals surface area contributed by atoms with Gasteiger partial charge in [-0.25, -0.2) is 14.8 Å². The molecule has 0 atom stereocenters. The minimum Gasteiger partial charge on any atom is -0.478 e. The van der Waals surface area contributed by atoms with Gasteiger partial charge in [0, 0.05) is 22.5 Å². The van der Waals surface area contributed by atoms with Crippen molar-refractivity contribution in [2.24, 2.45) is 0 Å². The Morgan fingerprint density at radius 2 is 1.81 bits per heavy atom. The third-order valence-electron chi connectivity index (χ3n) is 4.20. The molecule has 136 valence electrons. The second-order valence-electron chi connectivity index (χ2n) is 6.04. The van der Waals surface area contributed by atoms with E-state index in [1.807, 2.05) is 36.4 Å². The Balaban J connectivity index is 2.05. The Hall–Kier alpha value is -3.47. The van der Waals surface area contributed by atoms with Crippen LogP contribution in [0.3, 0.4) is 0 Å². The van der Waals surface area contributed by atoms with Crippen LogP contribution in [0.5, 0.6) is 0 Å². The molecular formula is C22H21N3O2. The minimum atomic E-state index is -0.949. The van der Waals surface area contributed by atoms with Crippen molar-refractivity contribution in [2.75, 3.05) is 5.32 Å². The lowest BCUT2D eigenvalue weighted by molar-refractivity contribution is 0.0697. The molecule has 0 aliphatic rings. The summed E-state index contributed by atoms with van der Waals surface area (Å²) < 4.78 is 0. The summed E-state index contributed by atoms with van der Waals surface area (Å²) >= 11 is 0. The average molecular weight is 359 g/mol. The van der Waals surface area contributed by atoms with Gasteiger partial charge in [0.2, 0.25) is 0 Å². The highest BCUT2D eigenvalue weighted by Gasteiger charge is 2.14. The Morgan fingerprint density at radius 1 is 1.11 bits per heavy atom. The molecule has 0 aliphatic carbocycles. The summed E-state index contributed by atoms with van der Waals surface area (Å²) in [4.78, 5) is 20.5. The van der Waals surface area contributed by atoms with Gasteiger partial charge in [-0.2, -0.15) is 0 Å². The smallest absolute Gasteiger partial charge is 0.335 e. The SMILES string of the molecule is C=CCc1c(CC)nc(-c2ccccc2)nc1Nc1ccc(C(=O)O)cc1. The van der Waals surface area contributed by atoms with Crippen molar-refractivity contribution in [1.82, 2.24) is 9.97 Å². The lowest BCUT2D eigenvalue weighted by Crippen LogP contribution is -2.07. The Labute approximate surface area is 158 Å². The minimum absolute atomic E-state index is 0.244. The predicted molar refractivity (Wildman–Crippen MR) is 107 cm³/mol. The van der Waals surface area contributed by atoms with E-state index in [-0.39, 0.29) is 5.56 Å². The molecule has 0 fully saturated rings. The van der Waals surface area contributed by atoms with Gasteiger partial charge in [0.15, 0.2) is 5.82 Å². The van der Waals surface area contributed by atoms with Gasteiger partial charge in [0.05, 0.1) is 5.56 Å². The first kappa shape index (κ1) is 18.3. The number of carbonyl (C=O) groups is 1. The molecule has 0 aliphatic heterocycles. The number of carboxylic acids is 1. The maximum absolute atomic E-state index is 11.0. The maximum Gasteiger partial charge on any atom is 0.335 e. The van der Waals surface area contributed by atoms with Crippen molar-refractivity contribution >= 4 is 17.5 Å². The molecule has 3 aromatic rings. The lowest BCUT2D eigenvalue weighted by Gasteiger charge is -2.15. The van der Waals surface area contributed by atoms with Crippen LogP contribution in [0.1, 0.15) is 28.5 Å². The molecule has 0 saturated carbocycles. The number of aromatic carboxylic acids is 1. The average Bonchev–Trinajstić information content (AvgIpc) is 2.70. The van der Waals surface area contributed by atoms with E-state index in [9.17, 15) is 4.79 Å². The monoisotopic (exact) mass is 359 g/mol. The summed E-state index contributed by atoms with van der Waals surface area (Å²) in [6.07, 6.45) is 3.25. The summed E-state index contributed by atoms with van der Waals surface area (Å²) in [6, 6.07) is 16.4. The molecule has 0 radical (unpaired) electrons. The van der Waals surface area contributed by atoms with Gasteiger partial charge in [-0.15, -0.1) is 6.58 Å². The number of nitrogens with zero attached hydrogens (tertiary/aromatic N) is 2. The first-order valence-corrected chi connectivity index (χ1v) is 8.78. The summed E-state index contributed by atoms with van der Waals surface area (Å²) in [7, 11) is 0. The topological polar surface area (TPSA) is 75.1 Å². The molecule has 3 rings (SSSR count). The number of hydrogen-bond donors (Lipinski definition) is 2. The molecule has 27 heavy (non-hydrogen) atoms. The summed E-state index contributed by atoms with van der Waals surface area (Å²) in [5, 5.41) is 12.4. The molecule has 1 aromatic heterocycles. The van der Waals surface area contributed by atoms with E-state index in [4.69, 9.17) is 15.1 Å². The van der Waals surface area contributed by atoms with Crippen molar-refractivity contribution in [1.29, 1.82) is 0 Å². The fourth-order valence-corrected chi connectivity index (χ4v) is 2.83. The number of carboxylic acid groups (broad SMARTS) is 1. The van der Waals surface area contributed by atoms with E-state index in [0.29, 0.717) is 18.1 Å². The number of benzene rings is 2. The van der Waals surface area contributed by atoms with E-state index < -0.39 is 5.97 Å². The Bertz CT molecular complexity index is 951. The largest absolute Gasteiger partial charge is 0.478 e. The third kappa shape index (κ3) is 4.20. The highest BCUT2D eigenvalue weighted by molar-refractivity contribution is 5.88. The van der Waals surface area contributed by atoms with Crippen LogP contribution < -0.4 is 5.32 Å². The second kappa shape index (κ2) is 8.27. The van der Waals surface area contributed by atoms with Gasteiger partial charge in [-0.05, 0) is 37.1 Å². The van der Waals surface area contributed by atoms with E-state index in [1.54, 1.807) is 24.3 Å². The fourth-order valence-electron chi connectivity index (χ4n) is 2.83. The zero-order chi connectivity index (χ0) is 19.2. The first-order chi connectivity index (χ1) is 13.1. The molecule has 0 amide bonds. The van der Waals surface area contributed by atoms with Gasteiger partial charge >= 0.3 is 5.97 Å². The first-order valence-electron chi connectivity index (χ1n) is 8.78. The number of nitrogens with one attached hydrogen (secondary N) is 1. The van der Waals surface area contributed by atoms with Crippen LogP contribution in [0.25, 0.3) is 11.4 Å². The van der Waals surface area contributed by atoms with Gasteiger partial charge in [-0.1, -0.05) is 43.3 Å². The fraction of sp³-hybridized carbons (Fsp3) is 0.136. The number of allylic oxidation sites excluding steroid dienone is 1. The molecule has 2 aromatic carbocycles. The van der Waals surface area contributed by atoms with Crippen molar-refractivity contribution < 1.29 is 9.90 Å². The van der Waals surface area contributed by atoms with Crippen molar-refractivity contribution in [2.45, 2.75) is 19.8 Å². The van der Waals surface area contributed by atoms with Crippen LogP contribution in [-0.4, -0.2) is 21.0 Å². The molecule has 2 N–H and O–H groups in total. The van der Waals surface area contributed by atoms with Crippen LogP contribution in [0, 0.1) is 0 Å². The molecular weight excluding hydrogens is 338 g/mol. The van der Waals surface area contributed by atoms with Crippen LogP contribution in [0.15, 0.2) is 67.3 Å². The summed E-state index contributed by atoms with van der Waals surface area (Å²) in [6.45, 7) is 5.91. The maximum atomic E-state index is 11.0. The van der Waals surface area contributed by atoms with E-state index >= 15 is 0 Å². The van der Waals surface area contributed by atoms with Crippen molar-refractivity contribution in [3.8, 4) is 11.4 Å². The van der Waals surface area contributed by atoms with Crippen molar-refractivity contribution in [3.05, 3.63) is 84.1 Å². The number of anilines is 2. The lowest BCUT2D eigenvalue weighted by atomic mass is 10.1. The molecule has 0 saturated heterocycles. The Kier molecular flexibility index (Phi) is 5.61. The van der Waals surface area contributed by atoms with Gasteiger partial charge in [0.1, 0.15) is 5.82 Å². The van der Waals surface area contributed by atoms with E-state index in [0.717, 1.165) is 28.9 Å². The van der Waals surface area contributed by atoms with Crippen LogP contribution in [-0.2, 0) is 12.8 Å². The van der Waals surface area contributed by atoms with Crippen LogP contribution in [0.4, 0.5) is 11.5 Å². The molecule has 5 heteroatoms. The number of aryl methyl sites for hydroxylation is 1. The highest BCUT2D eigenvalue weighted by Crippen LogP contribution is 2.26. The number of hydrogen-bond acceptors (Lipinski definition) is 4. The highest BCUT2D eigenvalue weighted by atomic mass is 16.4.